The van der Waals surface area contributed by atoms with E-state index < -0.39 is 10.0 Å². The molecule has 4 heterocycles. The van der Waals surface area contributed by atoms with Crippen molar-refractivity contribution in [3.63, 3.8) is 0 Å². The van der Waals surface area contributed by atoms with Crippen LogP contribution in [-0.4, -0.2) is 69.6 Å². The van der Waals surface area contributed by atoms with Crippen LogP contribution in [0, 0.1) is 11.8 Å². The number of unbranched alkanes of at least 4 members (excludes halogenated alkanes) is 2. The Balaban J connectivity index is 1.21. The number of piperazine rings is 1. The molecule has 3 aromatic rings. The Morgan fingerprint density at radius 3 is 2.24 bits per heavy atom. The molecule has 1 saturated heterocycles. The van der Waals surface area contributed by atoms with E-state index in [9.17, 15) is 8.42 Å². The molecule has 0 radical (unpaired) electrons. The van der Waals surface area contributed by atoms with Crippen LogP contribution in [0.4, 0.5) is 5.95 Å². The Labute approximate surface area is 200 Å². The van der Waals surface area contributed by atoms with Crippen LogP contribution in [0.15, 0.2) is 55.2 Å². The van der Waals surface area contributed by atoms with Crippen LogP contribution in [0.3, 0.4) is 0 Å². The molecule has 0 saturated carbocycles. The summed E-state index contributed by atoms with van der Waals surface area (Å²) in [5.74, 6) is 7.55. The van der Waals surface area contributed by atoms with Gasteiger partial charge in [-0.25, -0.2) is 33.3 Å². The van der Waals surface area contributed by atoms with Crippen LogP contribution in [0.25, 0.3) is 0 Å². The van der Waals surface area contributed by atoms with Gasteiger partial charge in [0.2, 0.25) is 16.0 Å². The largest absolute Gasteiger partial charge is 0.338 e. The van der Waals surface area contributed by atoms with Gasteiger partial charge in [-0.2, -0.15) is 4.31 Å². The summed E-state index contributed by atoms with van der Waals surface area (Å²) in [6, 6.07) is 7.36. The molecule has 0 spiro atoms. The van der Waals surface area contributed by atoms with Gasteiger partial charge in [-0.05, 0) is 37.0 Å². The highest BCUT2D eigenvalue weighted by atomic mass is 32.2. The monoisotopic (exact) mass is 477 g/mol. The van der Waals surface area contributed by atoms with Gasteiger partial charge in [0, 0.05) is 63.6 Å². The standard InChI is InChI=1S/C24H27N7O2S/c32-34(33,18-5-1-2-8-23-26-12-6-13-27-23)31-16-14-30(15-17-31)24-28-19-21(20-29-24)9-10-22-7-3-4-11-25-22/h3-4,6-7,11-13,19-20H,1-2,5,8,14-18H2. The summed E-state index contributed by atoms with van der Waals surface area (Å²) in [6.45, 7) is 1.99. The van der Waals surface area contributed by atoms with Crippen molar-refractivity contribution in [2.24, 2.45) is 0 Å². The molecule has 0 atom stereocenters. The maximum absolute atomic E-state index is 12.7. The average Bonchev–Trinajstić information content (AvgIpc) is 2.89. The second-order valence-electron chi connectivity index (χ2n) is 7.91. The van der Waals surface area contributed by atoms with Crippen molar-refractivity contribution < 1.29 is 8.42 Å². The number of hydrogen-bond donors (Lipinski definition) is 0. The van der Waals surface area contributed by atoms with Crippen molar-refractivity contribution in [1.82, 2.24) is 29.2 Å². The lowest BCUT2D eigenvalue weighted by atomic mass is 10.2. The molecule has 0 unspecified atom stereocenters. The molecular weight excluding hydrogens is 450 g/mol. The summed E-state index contributed by atoms with van der Waals surface area (Å²) < 4.78 is 27.0. The molecule has 176 valence electrons. The highest BCUT2D eigenvalue weighted by Crippen LogP contribution is 2.15. The maximum atomic E-state index is 12.7. The Hall–Kier alpha value is -3.42. The van der Waals surface area contributed by atoms with Gasteiger partial charge < -0.3 is 4.90 Å². The van der Waals surface area contributed by atoms with E-state index in [4.69, 9.17) is 0 Å². The second-order valence-corrected chi connectivity index (χ2v) is 10.0. The van der Waals surface area contributed by atoms with Crippen molar-refractivity contribution in [3.8, 4) is 11.8 Å². The van der Waals surface area contributed by atoms with Crippen LogP contribution in [0.1, 0.15) is 36.3 Å². The van der Waals surface area contributed by atoms with E-state index in [2.05, 4.69) is 36.8 Å². The number of sulfonamides is 1. The van der Waals surface area contributed by atoms with E-state index in [1.165, 1.54) is 0 Å². The number of pyridine rings is 1. The predicted molar refractivity (Wildman–Crippen MR) is 129 cm³/mol. The van der Waals surface area contributed by atoms with Gasteiger partial charge in [-0.15, -0.1) is 0 Å². The minimum atomic E-state index is -3.26. The molecule has 3 aromatic heterocycles. The predicted octanol–water partition coefficient (Wildman–Crippen LogP) is 1.93. The molecule has 1 aliphatic heterocycles. The van der Waals surface area contributed by atoms with Gasteiger partial charge in [-0.1, -0.05) is 18.4 Å². The normalized spacial score (nSPS) is 14.4. The van der Waals surface area contributed by atoms with Gasteiger partial charge in [0.25, 0.3) is 0 Å². The molecule has 0 amide bonds. The number of rotatable bonds is 8. The van der Waals surface area contributed by atoms with E-state index in [1.807, 2.05) is 23.1 Å². The van der Waals surface area contributed by atoms with Crippen molar-refractivity contribution >= 4 is 16.0 Å². The first kappa shape index (κ1) is 23.7. The van der Waals surface area contributed by atoms with E-state index >= 15 is 0 Å². The smallest absolute Gasteiger partial charge is 0.225 e. The highest BCUT2D eigenvalue weighted by molar-refractivity contribution is 7.89. The highest BCUT2D eigenvalue weighted by Gasteiger charge is 2.27. The number of anilines is 1. The summed E-state index contributed by atoms with van der Waals surface area (Å²) in [5.41, 5.74) is 1.39. The summed E-state index contributed by atoms with van der Waals surface area (Å²) >= 11 is 0. The van der Waals surface area contributed by atoms with E-state index in [1.54, 1.807) is 41.4 Å². The molecular formula is C24H27N7O2S. The minimum absolute atomic E-state index is 0.169. The summed E-state index contributed by atoms with van der Waals surface area (Å²) in [4.78, 5) is 23.4. The number of aromatic nitrogens is 5. The van der Waals surface area contributed by atoms with E-state index in [-0.39, 0.29) is 5.75 Å². The molecule has 34 heavy (non-hydrogen) atoms. The van der Waals surface area contributed by atoms with Crippen molar-refractivity contribution in [3.05, 3.63) is 72.3 Å². The Kier molecular flexibility index (Phi) is 8.12. The molecule has 0 aromatic carbocycles. The first-order chi connectivity index (χ1) is 16.6. The third kappa shape index (κ3) is 6.79. The third-order valence-electron chi connectivity index (χ3n) is 5.47. The van der Waals surface area contributed by atoms with Crippen molar-refractivity contribution in [2.45, 2.75) is 25.7 Å². The fourth-order valence-corrected chi connectivity index (χ4v) is 5.17. The van der Waals surface area contributed by atoms with Crippen LogP contribution in [-0.2, 0) is 16.4 Å². The molecule has 4 rings (SSSR count). The zero-order valence-electron chi connectivity index (χ0n) is 18.9. The zero-order valence-corrected chi connectivity index (χ0v) is 19.7. The molecule has 9 nitrogen and oxygen atoms in total. The summed E-state index contributed by atoms with van der Waals surface area (Å²) in [7, 11) is -3.26. The van der Waals surface area contributed by atoms with Crippen LogP contribution in [0.2, 0.25) is 0 Å². The first-order valence-corrected chi connectivity index (χ1v) is 12.9. The van der Waals surface area contributed by atoms with Gasteiger partial charge in [0.1, 0.15) is 11.5 Å². The summed E-state index contributed by atoms with van der Waals surface area (Å²) in [6.07, 6.45) is 11.6. The molecule has 1 fully saturated rings. The van der Waals surface area contributed by atoms with Gasteiger partial charge in [-0.3, -0.25) is 0 Å². The molecule has 1 aliphatic rings. The SMILES string of the molecule is O=S(=O)(CCCCCc1ncccn1)N1CCN(c2ncc(C#Cc3ccccn3)cn2)CC1. The first-order valence-electron chi connectivity index (χ1n) is 11.3. The molecule has 10 heteroatoms. The molecule has 0 N–H and O–H groups in total. The van der Waals surface area contributed by atoms with Crippen molar-refractivity contribution in [1.29, 1.82) is 0 Å². The van der Waals surface area contributed by atoms with Crippen molar-refractivity contribution in [2.75, 3.05) is 36.8 Å². The lowest BCUT2D eigenvalue weighted by Crippen LogP contribution is -2.49. The Morgan fingerprint density at radius 1 is 0.794 bits per heavy atom. The maximum Gasteiger partial charge on any atom is 0.225 e. The van der Waals surface area contributed by atoms with E-state index in [0.717, 1.165) is 25.1 Å². The van der Waals surface area contributed by atoms with Gasteiger partial charge in [0.15, 0.2) is 0 Å². The fourth-order valence-electron chi connectivity index (χ4n) is 3.62. The summed E-state index contributed by atoms with van der Waals surface area (Å²) in [5, 5.41) is 0. The van der Waals surface area contributed by atoms with Crippen LogP contribution in [0.5, 0.6) is 0 Å². The van der Waals surface area contributed by atoms with Crippen LogP contribution < -0.4 is 4.90 Å². The van der Waals surface area contributed by atoms with E-state index in [0.29, 0.717) is 49.8 Å². The fraction of sp³-hybridized carbons (Fsp3) is 0.375. The van der Waals surface area contributed by atoms with Gasteiger partial charge in [0.05, 0.1) is 11.3 Å². The Morgan fingerprint density at radius 2 is 1.53 bits per heavy atom. The molecule has 0 aliphatic carbocycles. The number of aryl methyl sites for hydroxylation is 1. The lowest BCUT2D eigenvalue weighted by molar-refractivity contribution is 0.381. The lowest BCUT2D eigenvalue weighted by Gasteiger charge is -2.34. The van der Waals surface area contributed by atoms with Gasteiger partial charge >= 0.3 is 0 Å². The zero-order chi connectivity index (χ0) is 23.6. The average molecular weight is 478 g/mol. The van der Waals surface area contributed by atoms with Crippen LogP contribution >= 0.6 is 0 Å². The Bertz CT molecular complexity index is 1200. The third-order valence-corrected chi connectivity index (χ3v) is 7.43. The number of hydrogen-bond acceptors (Lipinski definition) is 8. The topological polar surface area (TPSA) is 105 Å². The number of nitrogens with zero attached hydrogens (tertiary/aromatic N) is 7. The second kappa shape index (κ2) is 11.6. The minimum Gasteiger partial charge on any atom is -0.338 e. The molecule has 0 bridgehead atoms. The quantitative estimate of drug-likeness (QED) is 0.358.